The molecule has 21 heavy (non-hydrogen) atoms. The summed E-state index contributed by atoms with van der Waals surface area (Å²) in [4.78, 5) is 20.8. The maximum absolute atomic E-state index is 11.9. The van der Waals surface area contributed by atoms with Gasteiger partial charge in [0.1, 0.15) is 23.5 Å². The van der Waals surface area contributed by atoms with Crippen molar-refractivity contribution in [3.63, 3.8) is 0 Å². The minimum Gasteiger partial charge on any atom is -0.467 e. The van der Waals surface area contributed by atoms with E-state index in [1.807, 2.05) is 34.6 Å². The molecule has 1 aromatic rings. The summed E-state index contributed by atoms with van der Waals surface area (Å²) in [5, 5.41) is 6.17. The van der Waals surface area contributed by atoms with E-state index in [4.69, 9.17) is 4.74 Å². The highest BCUT2D eigenvalue weighted by molar-refractivity contribution is 5.79. The van der Waals surface area contributed by atoms with Crippen LogP contribution >= 0.6 is 0 Å². The molecule has 0 fully saturated rings. The van der Waals surface area contributed by atoms with Crippen molar-refractivity contribution < 1.29 is 9.53 Å². The van der Waals surface area contributed by atoms with E-state index in [1.54, 1.807) is 13.1 Å². The second-order valence-corrected chi connectivity index (χ2v) is 6.35. The molecule has 0 aliphatic rings. The Kier molecular flexibility index (Phi) is 5.52. The van der Waals surface area contributed by atoms with Crippen LogP contribution in [0.15, 0.2) is 6.07 Å². The Morgan fingerprint density at radius 1 is 1.24 bits per heavy atom. The number of ether oxygens (including phenoxy) is 1. The highest BCUT2D eigenvalue weighted by Gasteiger charge is 2.25. The maximum atomic E-state index is 11.9. The van der Waals surface area contributed by atoms with E-state index >= 15 is 0 Å². The number of hydrogen-bond donors (Lipinski definition) is 2. The normalized spacial score (nSPS) is 13.0. The molecule has 0 saturated heterocycles. The van der Waals surface area contributed by atoms with Crippen molar-refractivity contribution in [3.8, 4) is 0 Å². The van der Waals surface area contributed by atoms with Crippen molar-refractivity contribution in [2.75, 3.05) is 24.8 Å². The predicted octanol–water partition coefficient (Wildman–Crippen LogP) is 2.43. The van der Waals surface area contributed by atoms with Crippen molar-refractivity contribution in [1.29, 1.82) is 0 Å². The summed E-state index contributed by atoms with van der Waals surface area (Å²) in [6.07, 6.45) is 0. The van der Waals surface area contributed by atoms with Gasteiger partial charge in [0, 0.05) is 18.5 Å². The van der Waals surface area contributed by atoms with E-state index in [2.05, 4.69) is 20.6 Å². The molecule has 6 heteroatoms. The molecule has 0 spiro atoms. The lowest BCUT2D eigenvalue weighted by atomic mass is 9.95. The van der Waals surface area contributed by atoms with Crippen LogP contribution in [0.2, 0.25) is 0 Å². The number of carbonyl (C=O) groups excluding carboxylic acids is 1. The summed E-state index contributed by atoms with van der Waals surface area (Å²) in [5.74, 6) is 1.83. The number of rotatable bonds is 5. The van der Waals surface area contributed by atoms with E-state index < -0.39 is 6.04 Å². The fraction of sp³-hybridized carbons (Fsp3) is 0.667. The van der Waals surface area contributed by atoms with Crippen LogP contribution in [-0.2, 0) is 14.9 Å². The first-order valence-electron chi connectivity index (χ1n) is 7.10. The summed E-state index contributed by atoms with van der Waals surface area (Å²) in [5.41, 5.74) is -0.179. The Hall–Kier alpha value is -1.85. The third-order valence-electron chi connectivity index (χ3n) is 3.08. The van der Waals surface area contributed by atoms with Crippen LogP contribution in [0.5, 0.6) is 0 Å². The number of hydrogen-bond acceptors (Lipinski definition) is 6. The molecular formula is C15H26N4O2. The Morgan fingerprint density at radius 2 is 1.81 bits per heavy atom. The Balaban J connectivity index is 3.14. The smallest absolute Gasteiger partial charge is 0.328 e. The Bertz CT molecular complexity index is 495. The first-order chi connectivity index (χ1) is 9.68. The maximum Gasteiger partial charge on any atom is 0.328 e. The quantitative estimate of drug-likeness (QED) is 0.812. The molecule has 118 valence electrons. The first-order valence-corrected chi connectivity index (χ1v) is 7.10. The molecule has 1 aromatic heterocycles. The predicted molar refractivity (Wildman–Crippen MR) is 84.5 cm³/mol. The fourth-order valence-corrected chi connectivity index (χ4v) is 1.77. The second-order valence-electron chi connectivity index (χ2n) is 6.35. The third kappa shape index (κ3) is 4.58. The van der Waals surface area contributed by atoms with Gasteiger partial charge in [0.25, 0.3) is 0 Å². The average molecular weight is 294 g/mol. The topological polar surface area (TPSA) is 76.1 Å². The average Bonchev–Trinajstić information content (AvgIpc) is 2.42. The largest absolute Gasteiger partial charge is 0.467 e. The van der Waals surface area contributed by atoms with Gasteiger partial charge in [-0.25, -0.2) is 14.8 Å². The molecule has 2 N–H and O–H groups in total. The Labute approximate surface area is 126 Å². The first kappa shape index (κ1) is 17.2. The summed E-state index contributed by atoms with van der Waals surface area (Å²) < 4.78 is 4.84. The van der Waals surface area contributed by atoms with Crippen LogP contribution in [0.25, 0.3) is 0 Å². The van der Waals surface area contributed by atoms with Crippen LogP contribution in [0.4, 0.5) is 11.6 Å². The lowest BCUT2D eigenvalue weighted by Crippen LogP contribution is -2.36. The van der Waals surface area contributed by atoms with E-state index in [0.717, 1.165) is 0 Å². The van der Waals surface area contributed by atoms with Gasteiger partial charge < -0.3 is 15.4 Å². The highest BCUT2D eigenvalue weighted by Crippen LogP contribution is 2.23. The van der Waals surface area contributed by atoms with Crippen LogP contribution < -0.4 is 10.6 Å². The zero-order chi connectivity index (χ0) is 16.2. The van der Waals surface area contributed by atoms with Gasteiger partial charge in [-0.1, -0.05) is 34.6 Å². The molecule has 1 atom stereocenters. The molecule has 1 heterocycles. The molecule has 0 aliphatic carbocycles. The van der Waals surface area contributed by atoms with Gasteiger partial charge in [-0.05, 0) is 5.92 Å². The van der Waals surface area contributed by atoms with Gasteiger partial charge >= 0.3 is 5.97 Å². The summed E-state index contributed by atoms with van der Waals surface area (Å²) in [7, 11) is 3.19. The number of nitrogens with one attached hydrogen (secondary N) is 2. The molecule has 0 aliphatic heterocycles. The van der Waals surface area contributed by atoms with Gasteiger partial charge in [0.05, 0.1) is 7.11 Å². The minimum atomic E-state index is -0.442. The zero-order valence-electron chi connectivity index (χ0n) is 13.9. The molecule has 0 amide bonds. The highest BCUT2D eigenvalue weighted by atomic mass is 16.5. The number of methoxy groups -OCH3 is 1. The SMILES string of the molecule is CNc1cc(NC(C(=O)OC)C(C)C)nc(C(C)(C)C)n1. The van der Waals surface area contributed by atoms with Gasteiger partial charge in [0.15, 0.2) is 0 Å². The van der Waals surface area contributed by atoms with Gasteiger partial charge in [-0.15, -0.1) is 0 Å². The molecule has 0 bridgehead atoms. The number of esters is 1. The van der Waals surface area contributed by atoms with Crippen LogP contribution in [0.3, 0.4) is 0 Å². The monoisotopic (exact) mass is 294 g/mol. The Morgan fingerprint density at radius 3 is 2.24 bits per heavy atom. The molecule has 0 aromatic carbocycles. The zero-order valence-corrected chi connectivity index (χ0v) is 13.9. The fourth-order valence-electron chi connectivity index (χ4n) is 1.77. The molecule has 1 unspecified atom stereocenters. The van der Waals surface area contributed by atoms with E-state index in [0.29, 0.717) is 17.5 Å². The number of aromatic nitrogens is 2. The molecule has 0 saturated carbocycles. The standard InChI is InChI=1S/C15H26N4O2/c1-9(2)12(13(20)21-7)17-11-8-10(16-6)18-14(19-11)15(3,4)5/h8-9,12H,1-7H3,(H2,16,17,18,19). The third-order valence-corrected chi connectivity index (χ3v) is 3.08. The van der Waals surface area contributed by atoms with Crippen molar-refractivity contribution in [1.82, 2.24) is 9.97 Å². The van der Waals surface area contributed by atoms with Crippen molar-refractivity contribution in [2.24, 2.45) is 5.92 Å². The van der Waals surface area contributed by atoms with Crippen LogP contribution in [0.1, 0.15) is 40.4 Å². The number of carbonyl (C=O) groups is 1. The lowest BCUT2D eigenvalue weighted by Gasteiger charge is -2.23. The van der Waals surface area contributed by atoms with Gasteiger partial charge in [-0.2, -0.15) is 0 Å². The molecule has 1 rings (SSSR count). The second kappa shape index (κ2) is 6.74. The van der Waals surface area contributed by atoms with Crippen LogP contribution in [0, 0.1) is 5.92 Å². The lowest BCUT2D eigenvalue weighted by molar-refractivity contribution is -0.142. The van der Waals surface area contributed by atoms with E-state index in [1.165, 1.54) is 7.11 Å². The van der Waals surface area contributed by atoms with Crippen molar-refractivity contribution >= 4 is 17.6 Å². The van der Waals surface area contributed by atoms with Gasteiger partial charge in [-0.3, -0.25) is 0 Å². The summed E-state index contributed by atoms with van der Waals surface area (Å²) >= 11 is 0. The van der Waals surface area contributed by atoms with Crippen LogP contribution in [-0.4, -0.2) is 36.1 Å². The molecule has 6 nitrogen and oxygen atoms in total. The van der Waals surface area contributed by atoms with Crippen molar-refractivity contribution in [3.05, 3.63) is 11.9 Å². The summed E-state index contributed by atoms with van der Waals surface area (Å²) in [6.45, 7) is 10.1. The number of nitrogens with zero attached hydrogens (tertiary/aromatic N) is 2. The molecule has 0 radical (unpaired) electrons. The number of anilines is 2. The van der Waals surface area contributed by atoms with Gasteiger partial charge in [0.2, 0.25) is 0 Å². The van der Waals surface area contributed by atoms with E-state index in [9.17, 15) is 4.79 Å². The minimum absolute atomic E-state index is 0.0866. The van der Waals surface area contributed by atoms with E-state index in [-0.39, 0.29) is 17.3 Å². The van der Waals surface area contributed by atoms with Crippen molar-refractivity contribution in [2.45, 2.75) is 46.1 Å². The summed E-state index contributed by atoms with van der Waals surface area (Å²) in [6, 6.07) is 1.34. The molecular weight excluding hydrogens is 268 g/mol.